The molecule has 1 saturated heterocycles. The molecular weight excluding hydrogens is 443 g/mol. The van der Waals surface area contributed by atoms with Crippen molar-refractivity contribution >= 4 is 29.0 Å². The average Bonchev–Trinajstić information content (AvgIpc) is 3.18. The van der Waals surface area contributed by atoms with Crippen molar-refractivity contribution in [1.82, 2.24) is 14.9 Å². The SMILES string of the molecule is CC(Sc1nnc(COc2ccc(F)cc2)n1N)C(=O)Nc1ccc(N2CCCCC2)cc1. The number of hydrogen-bond acceptors (Lipinski definition) is 7. The number of hydrogen-bond donors (Lipinski definition) is 2. The van der Waals surface area contributed by atoms with Crippen LogP contribution in [-0.4, -0.2) is 39.1 Å². The third-order valence-electron chi connectivity index (χ3n) is 5.42. The Morgan fingerprint density at radius 1 is 1.12 bits per heavy atom. The molecule has 0 aliphatic carbocycles. The number of benzene rings is 2. The molecule has 0 spiro atoms. The maximum atomic E-state index is 13.0. The van der Waals surface area contributed by atoms with E-state index in [0.29, 0.717) is 16.7 Å². The monoisotopic (exact) mass is 470 g/mol. The molecule has 1 aliphatic rings. The molecule has 1 fully saturated rings. The van der Waals surface area contributed by atoms with Gasteiger partial charge in [0, 0.05) is 24.5 Å². The largest absolute Gasteiger partial charge is 0.486 e. The first-order chi connectivity index (χ1) is 16.0. The van der Waals surface area contributed by atoms with Gasteiger partial charge in [-0.2, -0.15) is 0 Å². The number of halogens is 1. The van der Waals surface area contributed by atoms with Crippen LogP contribution in [0.3, 0.4) is 0 Å². The number of thioether (sulfide) groups is 1. The van der Waals surface area contributed by atoms with Crippen LogP contribution in [0.1, 0.15) is 32.0 Å². The Labute approximate surface area is 196 Å². The summed E-state index contributed by atoms with van der Waals surface area (Å²) in [6.45, 7) is 4.01. The molecule has 3 N–H and O–H groups in total. The normalized spacial score (nSPS) is 14.7. The second kappa shape index (κ2) is 10.6. The lowest BCUT2D eigenvalue weighted by molar-refractivity contribution is -0.115. The lowest BCUT2D eigenvalue weighted by atomic mass is 10.1. The zero-order valence-electron chi connectivity index (χ0n) is 18.4. The molecule has 33 heavy (non-hydrogen) atoms. The number of piperidine rings is 1. The summed E-state index contributed by atoms with van der Waals surface area (Å²) in [7, 11) is 0. The van der Waals surface area contributed by atoms with Gasteiger partial charge in [-0.25, -0.2) is 9.07 Å². The van der Waals surface area contributed by atoms with Crippen molar-refractivity contribution in [2.75, 3.05) is 29.1 Å². The van der Waals surface area contributed by atoms with Gasteiger partial charge in [-0.3, -0.25) is 4.79 Å². The molecule has 4 rings (SSSR count). The van der Waals surface area contributed by atoms with Crippen molar-refractivity contribution in [3.8, 4) is 5.75 Å². The minimum atomic E-state index is -0.441. The molecule has 8 nitrogen and oxygen atoms in total. The van der Waals surface area contributed by atoms with E-state index in [1.807, 2.05) is 24.3 Å². The molecule has 0 bridgehead atoms. The molecule has 1 atom stereocenters. The molecule has 2 aromatic carbocycles. The highest BCUT2D eigenvalue weighted by molar-refractivity contribution is 8.00. The second-order valence-corrected chi connectivity index (χ2v) is 9.16. The van der Waals surface area contributed by atoms with Gasteiger partial charge in [-0.15, -0.1) is 10.2 Å². The topological polar surface area (TPSA) is 98.3 Å². The van der Waals surface area contributed by atoms with Crippen molar-refractivity contribution in [2.45, 2.75) is 43.2 Å². The maximum absolute atomic E-state index is 13.0. The van der Waals surface area contributed by atoms with Gasteiger partial charge in [0.15, 0.2) is 5.82 Å². The number of nitrogen functional groups attached to an aromatic ring is 1. The number of carbonyl (C=O) groups is 1. The molecule has 1 aromatic heterocycles. The zero-order chi connectivity index (χ0) is 23.2. The molecule has 1 amide bonds. The van der Waals surface area contributed by atoms with Gasteiger partial charge < -0.3 is 20.8 Å². The van der Waals surface area contributed by atoms with Crippen LogP contribution in [0.5, 0.6) is 5.75 Å². The molecule has 1 unspecified atom stereocenters. The number of rotatable bonds is 8. The van der Waals surface area contributed by atoms with Gasteiger partial charge in [0.2, 0.25) is 11.1 Å². The summed E-state index contributed by atoms with van der Waals surface area (Å²) in [6, 6.07) is 13.6. The van der Waals surface area contributed by atoms with Crippen LogP contribution in [0.4, 0.5) is 15.8 Å². The first kappa shape index (κ1) is 22.9. The summed E-state index contributed by atoms with van der Waals surface area (Å²) in [4.78, 5) is 15.0. The molecule has 1 aliphatic heterocycles. The predicted molar refractivity (Wildman–Crippen MR) is 127 cm³/mol. The molecular formula is C23H27FN6O2S. The summed E-state index contributed by atoms with van der Waals surface area (Å²) >= 11 is 1.21. The van der Waals surface area contributed by atoms with Crippen LogP contribution >= 0.6 is 11.8 Å². The van der Waals surface area contributed by atoms with Crippen LogP contribution in [-0.2, 0) is 11.4 Å². The predicted octanol–water partition coefficient (Wildman–Crippen LogP) is 3.82. The summed E-state index contributed by atoms with van der Waals surface area (Å²) in [6.07, 6.45) is 3.73. The number of nitrogens with zero attached hydrogens (tertiary/aromatic N) is 4. The summed E-state index contributed by atoms with van der Waals surface area (Å²) < 4.78 is 19.9. The van der Waals surface area contributed by atoms with Gasteiger partial charge in [0.05, 0.1) is 5.25 Å². The molecule has 174 valence electrons. The Hall–Kier alpha value is -3.27. The fourth-order valence-electron chi connectivity index (χ4n) is 3.53. The molecule has 10 heteroatoms. The Balaban J connectivity index is 1.30. The van der Waals surface area contributed by atoms with Crippen LogP contribution in [0.2, 0.25) is 0 Å². The second-order valence-electron chi connectivity index (χ2n) is 7.86. The van der Waals surface area contributed by atoms with E-state index < -0.39 is 5.25 Å². The van der Waals surface area contributed by atoms with Crippen LogP contribution in [0.25, 0.3) is 0 Å². The van der Waals surface area contributed by atoms with Crippen molar-refractivity contribution in [1.29, 1.82) is 0 Å². The number of nitrogens with two attached hydrogens (primary N) is 1. The highest BCUT2D eigenvalue weighted by Crippen LogP contribution is 2.25. The van der Waals surface area contributed by atoms with E-state index in [9.17, 15) is 9.18 Å². The van der Waals surface area contributed by atoms with Gasteiger partial charge in [0.1, 0.15) is 18.2 Å². The Morgan fingerprint density at radius 2 is 1.82 bits per heavy atom. The zero-order valence-corrected chi connectivity index (χ0v) is 19.2. The highest BCUT2D eigenvalue weighted by atomic mass is 32.2. The summed E-state index contributed by atoms with van der Waals surface area (Å²) in [5.74, 6) is 6.46. The van der Waals surface area contributed by atoms with Crippen LogP contribution in [0.15, 0.2) is 53.7 Å². The molecule has 0 radical (unpaired) electrons. The third kappa shape index (κ3) is 5.95. The fourth-order valence-corrected chi connectivity index (χ4v) is 4.32. The first-order valence-electron chi connectivity index (χ1n) is 10.9. The molecule has 3 aromatic rings. The standard InChI is InChI=1S/C23H27FN6O2S/c1-16(22(31)26-18-7-9-19(10-8-18)29-13-3-2-4-14-29)33-23-28-27-21(30(23)25)15-32-20-11-5-17(24)6-12-20/h5-12,16H,2-4,13-15,25H2,1H3,(H,26,31). The van der Waals surface area contributed by atoms with Crippen LogP contribution < -0.4 is 20.8 Å². The Kier molecular flexibility index (Phi) is 7.33. The number of nitrogens with one attached hydrogen (secondary N) is 1. The van der Waals surface area contributed by atoms with Gasteiger partial charge in [-0.1, -0.05) is 11.8 Å². The first-order valence-corrected chi connectivity index (χ1v) is 11.8. The van der Waals surface area contributed by atoms with E-state index in [1.165, 1.54) is 65.7 Å². The lowest BCUT2D eigenvalue weighted by Crippen LogP contribution is -2.29. The van der Waals surface area contributed by atoms with Crippen molar-refractivity contribution in [3.63, 3.8) is 0 Å². The smallest absolute Gasteiger partial charge is 0.237 e. The Bertz CT molecular complexity index is 1070. The number of aromatic nitrogens is 3. The van der Waals surface area contributed by atoms with E-state index in [4.69, 9.17) is 10.6 Å². The maximum Gasteiger partial charge on any atom is 0.237 e. The summed E-state index contributed by atoms with van der Waals surface area (Å²) in [5, 5.41) is 11.0. The number of amides is 1. The third-order valence-corrected chi connectivity index (χ3v) is 6.48. The van der Waals surface area contributed by atoms with E-state index in [-0.39, 0.29) is 18.3 Å². The van der Waals surface area contributed by atoms with Crippen molar-refractivity contribution in [2.24, 2.45) is 0 Å². The molecule has 0 saturated carbocycles. The van der Waals surface area contributed by atoms with Gasteiger partial charge in [0.25, 0.3) is 0 Å². The minimum Gasteiger partial charge on any atom is -0.486 e. The quantitative estimate of drug-likeness (QED) is 0.381. The fraction of sp³-hybridized carbons (Fsp3) is 0.348. The number of anilines is 2. The van der Waals surface area contributed by atoms with Gasteiger partial charge >= 0.3 is 0 Å². The van der Waals surface area contributed by atoms with Crippen molar-refractivity contribution < 1.29 is 13.9 Å². The van der Waals surface area contributed by atoms with E-state index in [2.05, 4.69) is 20.4 Å². The number of carbonyl (C=O) groups excluding carboxylic acids is 1. The van der Waals surface area contributed by atoms with Gasteiger partial charge in [-0.05, 0) is 74.7 Å². The van der Waals surface area contributed by atoms with Crippen molar-refractivity contribution in [3.05, 3.63) is 60.2 Å². The van der Waals surface area contributed by atoms with E-state index >= 15 is 0 Å². The summed E-state index contributed by atoms with van der Waals surface area (Å²) in [5.41, 5.74) is 1.93. The number of ether oxygens (including phenoxy) is 1. The lowest BCUT2D eigenvalue weighted by Gasteiger charge is -2.28. The molecule has 2 heterocycles. The highest BCUT2D eigenvalue weighted by Gasteiger charge is 2.20. The Morgan fingerprint density at radius 3 is 2.52 bits per heavy atom. The van der Waals surface area contributed by atoms with Crippen LogP contribution in [0, 0.1) is 5.82 Å². The minimum absolute atomic E-state index is 0.0691. The van der Waals surface area contributed by atoms with E-state index in [0.717, 1.165) is 18.8 Å². The average molecular weight is 471 g/mol. The van der Waals surface area contributed by atoms with E-state index in [1.54, 1.807) is 6.92 Å².